The van der Waals surface area contributed by atoms with Crippen LogP contribution in [0.25, 0.3) is 0 Å². The van der Waals surface area contributed by atoms with Gasteiger partial charge in [-0.3, -0.25) is 9.59 Å². The number of nitrogens with one attached hydrogen (secondary N) is 2. The monoisotopic (exact) mass is 534 g/mol. The van der Waals surface area contributed by atoms with E-state index in [2.05, 4.69) is 32.3 Å². The van der Waals surface area contributed by atoms with Gasteiger partial charge in [-0.05, 0) is 50.6 Å². The molecule has 1 unspecified atom stereocenters. The van der Waals surface area contributed by atoms with Crippen LogP contribution in [-0.2, 0) is 17.9 Å². The van der Waals surface area contributed by atoms with Crippen LogP contribution in [-0.4, -0.2) is 39.3 Å². The summed E-state index contributed by atoms with van der Waals surface area (Å²) in [6.45, 7) is 10.2. The molecule has 0 radical (unpaired) electrons. The summed E-state index contributed by atoms with van der Waals surface area (Å²) in [5.74, 6) is -0.405. The average molecular weight is 535 g/mol. The molecule has 1 aromatic carbocycles. The maximum absolute atomic E-state index is 13.7. The number of aryl methyl sites for hydroxylation is 1. The van der Waals surface area contributed by atoms with E-state index in [-0.39, 0.29) is 29.6 Å². The van der Waals surface area contributed by atoms with Crippen molar-refractivity contribution in [2.75, 3.05) is 7.11 Å². The van der Waals surface area contributed by atoms with Crippen LogP contribution in [0, 0.1) is 12.7 Å². The van der Waals surface area contributed by atoms with Crippen molar-refractivity contribution >= 4 is 11.6 Å². The topological polar surface area (TPSA) is 120 Å². The van der Waals surface area contributed by atoms with Crippen molar-refractivity contribution in [3.8, 4) is 5.75 Å². The molecule has 0 spiro atoms. The summed E-state index contributed by atoms with van der Waals surface area (Å²) in [5.41, 5.74) is 3.10. The standard InChI is InChI=1S/C28H31FN6O4/c1-16(2)31-17(3)15-35-9-8-20(11-27(35)36)25-13-23(34-39-25)22-12-24(33-18(4)32-22)28(37)30-14-19-6-7-21(29)26(10-19)38-5/h6-12,16,25,31H,3,13-15H2,1-2,4-5H3,(H,30,37). The Balaban J connectivity index is 1.42. The lowest BCUT2D eigenvalue weighted by Crippen LogP contribution is -2.28. The first-order valence-corrected chi connectivity index (χ1v) is 12.5. The SMILES string of the molecule is C=C(Cn1ccc(C2CC(c3cc(C(=O)NCc4ccc(F)c(OC)c4)nc(C)n3)=NO2)cc1=O)NC(C)C. The second-order valence-corrected chi connectivity index (χ2v) is 9.50. The van der Waals surface area contributed by atoms with Crippen molar-refractivity contribution in [2.24, 2.45) is 5.16 Å². The number of carbonyl (C=O) groups excluding carboxylic acids is 1. The lowest BCUT2D eigenvalue weighted by molar-refractivity contribution is 0.0855. The zero-order valence-corrected chi connectivity index (χ0v) is 22.3. The van der Waals surface area contributed by atoms with Gasteiger partial charge in [-0.2, -0.15) is 0 Å². The Morgan fingerprint density at radius 3 is 2.77 bits per heavy atom. The number of carbonyl (C=O) groups is 1. The molecule has 0 aliphatic carbocycles. The molecular formula is C28H31FN6O4. The van der Waals surface area contributed by atoms with Gasteiger partial charge in [0.15, 0.2) is 17.7 Å². The molecule has 4 rings (SSSR count). The van der Waals surface area contributed by atoms with Crippen molar-refractivity contribution in [2.45, 2.75) is 52.4 Å². The number of pyridine rings is 1. The number of nitrogens with zero attached hydrogens (tertiary/aromatic N) is 4. The number of benzene rings is 1. The van der Waals surface area contributed by atoms with Crippen LogP contribution in [0.1, 0.15) is 59.5 Å². The maximum atomic E-state index is 13.7. The van der Waals surface area contributed by atoms with Gasteiger partial charge in [-0.25, -0.2) is 14.4 Å². The van der Waals surface area contributed by atoms with Gasteiger partial charge in [0.05, 0.1) is 19.3 Å². The highest BCUT2D eigenvalue weighted by molar-refractivity contribution is 6.02. The molecule has 0 bridgehead atoms. The summed E-state index contributed by atoms with van der Waals surface area (Å²) in [7, 11) is 1.38. The largest absolute Gasteiger partial charge is 0.494 e. The minimum Gasteiger partial charge on any atom is -0.494 e. The minimum absolute atomic E-state index is 0.0987. The molecule has 0 saturated carbocycles. The summed E-state index contributed by atoms with van der Waals surface area (Å²) in [4.78, 5) is 39.8. The highest BCUT2D eigenvalue weighted by Crippen LogP contribution is 2.28. The smallest absolute Gasteiger partial charge is 0.270 e. The van der Waals surface area contributed by atoms with E-state index in [1.807, 2.05) is 19.9 Å². The Kier molecular flexibility index (Phi) is 8.38. The van der Waals surface area contributed by atoms with E-state index in [0.29, 0.717) is 41.3 Å². The molecule has 1 aliphatic heterocycles. The van der Waals surface area contributed by atoms with Gasteiger partial charge >= 0.3 is 0 Å². The molecule has 1 atom stereocenters. The predicted octanol–water partition coefficient (Wildman–Crippen LogP) is 3.40. The van der Waals surface area contributed by atoms with Gasteiger partial charge in [-0.1, -0.05) is 17.8 Å². The van der Waals surface area contributed by atoms with Gasteiger partial charge in [0, 0.05) is 42.5 Å². The third kappa shape index (κ3) is 6.86. The molecule has 1 amide bonds. The molecule has 1 aliphatic rings. The third-order valence-corrected chi connectivity index (χ3v) is 5.95. The first kappa shape index (κ1) is 27.5. The van der Waals surface area contributed by atoms with Crippen LogP contribution in [0.15, 0.2) is 64.8 Å². The number of ether oxygens (including phenoxy) is 1. The second-order valence-electron chi connectivity index (χ2n) is 9.50. The third-order valence-electron chi connectivity index (χ3n) is 5.95. The maximum Gasteiger partial charge on any atom is 0.270 e. The van der Waals surface area contributed by atoms with Crippen molar-refractivity contribution < 1.29 is 18.8 Å². The van der Waals surface area contributed by atoms with Crippen LogP contribution in [0.3, 0.4) is 0 Å². The van der Waals surface area contributed by atoms with Crippen LogP contribution in [0.5, 0.6) is 5.75 Å². The fourth-order valence-corrected chi connectivity index (χ4v) is 4.14. The minimum atomic E-state index is -0.479. The molecule has 39 heavy (non-hydrogen) atoms. The van der Waals surface area contributed by atoms with Gasteiger partial charge in [-0.15, -0.1) is 0 Å². The van der Waals surface area contributed by atoms with Crippen LogP contribution >= 0.6 is 0 Å². The number of amides is 1. The fraction of sp³-hybridized carbons (Fsp3) is 0.321. The fourth-order valence-electron chi connectivity index (χ4n) is 4.14. The van der Waals surface area contributed by atoms with Crippen molar-refractivity contribution in [3.05, 3.63) is 99.4 Å². The van der Waals surface area contributed by atoms with Gasteiger partial charge < -0.3 is 24.8 Å². The predicted molar refractivity (Wildman–Crippen MR) is 144 cm³/mol. The average Bonchev–Trinajstić information content (AvgIpc) is 3.39. The van der Waals surface area contributed by atoms with Crippen molar-refractivity contribution in [1.82, 2.24) is 25.2 Å². The van der Waals surface area contributed by atoms with E-state index in [4.69, 9.17) is 9.57 Å². The van der Waals surface area contributed by atoms with Crippen LogP contribution in [0.4, 0.5) is 4.39 Å². The lowest BCUT2D eigenvalue weighted by Gasteiger charge is -2.15. The Hall–Kier alpha value is -4.54. The highest BCUT2D eigenvalue weighted by Gasteiger charge is 2.26. The van der Waals surface area contributed by atoms with E-state index in [0.717, 1.165) is 5.70 Å². The molecule has 3 aromatic rings. The van der Waals surface area contributed by atoms with Gasteiger partial charge in [0.25, 0.3) is 11.5 Å². The number of hydrogen-bond acceptors (Lipinski definition) is 8. The Morgan fingerprint density at radius 1 is 1.26 bits per heavy atom. The van der Waals surface area contributed by atoms with Crippen LogP contribution in [0.2, 0.25) is 0 Å². The molecule has 2 N–H and O–H groups in total. The first-order valence-electron chi connectivity index (χ1n) is 12.5. The summed E-state index contributed by atoms with van der Waals surface area (Å²) >= 11 is 0. The number of rotatable bonds is 10. The highest BCUT2D eigenvalue weighted by atomic mass is 19.1. The molecular weight excluding hydrogens is 503 g/mol. The second kappa shape index (κ2) is 11.9. The number of halogens is 1. The first-order chi connectivity index (χ1) is 18.6. The van der Waals surface area contributed by atoms with Crippen molar-refractivity contribution in [3.63, 3.8) is 0 Å². The van der Waals surface area contributed by atoms with E-state index in [1.165, 1.54) is 25.3 Å². The molecule has 0 saturated heterocycles. The normalized spacial score (nSPS) is 14.5. The van der Waals surface area contributed by atoms with Gasteiger partial charge in [0.1, 0.15) is 17.2 Å². The van der Waals surface area contributed by atoms with Crippen LogP contribution < -0.4 is 20.9 Å². The van der Waals surface area contributed by atoms with Crippen molar-refractivity contribution in [1.29, 1.82) is 0 Å². The molecule has 0 fully saturated rings. The molecule has 10 nitrogen and oxygen atoms in total. The number of aromatic nitrogens is 3. The Bertz CT molecular complexity index is 1480. The van der Waals surface area contributed by atoms with E-state index in [1.54, 1.807) is 29.8 Å². The molecule has 204 valence electrons. The molecule has 2 aromatic heterocycles. The lowest BCUT2D eigenvalue weighted by atomic mass is 10.0. The van der Waals surface area contributed by atoms with E-state index < -0.39 is 17.8 Å². The number of hydrogen-bond donors (Lipinski definition) is 2. The van der Waals surface area contributed by atoms with E-state index in [9.17, 15) is 14.0 Å². The van der Waals surface area contributed by atoms with Gasteiger partial charge in [0.2, 0.25) is 0 Å². The Morgan fingerprint density at radius 2 is 2.05 bits per heavy atom. The summed E-state index contributed by atoms with van der Waals surface area (Å²) < 4.78 is 20.2. The number of oxime groups is 1. The summed E-state index contributed by atoms with van der Waals surface area (Å²) in [5, 5.41) is 10.1. The number of methoxy groups -OCH3 is 1. The zero-order valence-electron chi connectivity index (χ0n) is 22.3. The quantitative estimate of drug-likeness (QED) is 0.409. The number of allylic oxidation sites excluding steroid dienone is 1. The summed E-state index contributed by atoms with van der Waals surface area (Å²) in [6, 6.07) is 9.49. The molecule has 11 heteroatoms. The summed E-state index contributed by atoms with van der Waals surface area (Å²) in [6.07, 6.45) is 1.62. The molecule has 3 heterocycles. The Labute approximate surface area is 225 Å². The zero-order chi connectivity index (χ0) is 28.1. The van der Waals surface area contributed by atoms with E-state index >= 15 is 0 Å².